The average Bonchev–Trinajstić information content (AvgIpc) is 3.05. The monoisotopic (exact) mass is 434 g/mol. The number of anilines is 1. The number of rotatable bonds is 7. The predicted octanol–water partition coefficient (Wildman–Crippen LogP) is 3.70. The third-order valence-corrected chi connectivity index (χ3v) is 6.21. The molecule has 1 amide bonds. The Kier molecular flexibility index (Phi) is 6.04. The fourth-order valence-corrected chi connectivity index (χ4v) is 4.46. The van der Waals surface area contributed by atoms with Gasteiger partial charge in [-0.25, -0.2) is 9.03 Å². The molecule has 0 aliphatic carbocycles. The molecule has 3 aromatic rings. The van der Waals surface area contributed by atoms with Crippen LogP contribution < -0.4 is 13.8 Å². The van der Waals surface area contributed by atoms with Crippen molar-refractivity contribution in [3.63, 3.8) is 0 Å². The quantitative estimate of drug-likeness (QED) is 0.615. The van der Waals surface area contributed by atoms with E-state index in [0.29, 0.717) is 11.4 Å². The van der Waals surface area contributed by atoms with Crippen LogP contribution in [-0.4, -0.2) is 20.9 Å². The fraction of sp³-hybridized carbons (Fsp3) is 0.125. The van der Waals surface area contributed by atoms with E-state index in [1.807, 2.05) is 71.5 Å². The van der Waals surface area contributed by atoms with E-state index in [0.717, 1.165) is 21.9 Å². The van der Waals surface area contributed by atoms with Crippen molar-refractivity contribution in [2.75, 3.05) is 10.8 Å². The molecule has 0 aromatic heterocycles. The number of ether oxygens (including phenoxy) is 1. The summed E-state index contributed by atoms with van der Waals surface area (Å²) >= 11 is 0. The van der Waals surface area contributed by atoms with Gasteiger partial charge in [0.2, 0.25) is 0 Å². The van der Waals surface area contributed by atoms with Gasteiger partial charge in [0, 0.05) is 0 Å². The second kappa shape index (κ2) is 9.06. The number of nitrogens with one attached hydrogen (secondary N) is 1. The summed E-state index contributed by atoms with van der Waals surface area (Å²) in [5.74, 6) is -0.174. The number of allylic oxidation sites excluding steroid dienone is 1. The first-order chi connectivity index (χ1) is 15.0. The highest BCUT2D eigenvalue weighted by Crippen LogP contribution is 2.33. The van der Waals surface area contributed by atoms with E-state index in [1.54, 1.807) is 12.1 Å². The third-order valence-electron chi connectivity index (χ3n) is 4.82. The molecule has 4 rings (SSSR count). The van der Waals surface area contributed by atoms with Gasteiger partial charge < -0.3 is 4.74 Å². The molecule has 1 saturated heterocycles. The summed E-state index contributed by atoms with van der Waals surface area (Å²) in [6, 6.07) is 25.0. The molecule has 0 atom stereocenters. The summed E-state index contributed by atoms with van der Waals surface area (Å²) in [4.78, 5) is 11.7. The van der Waals surface area contributed by atoms with E-state index >= 15 is 0 Å². The molecule has 6 nitrogen and oxygen atoms in total. The van der Waals surface area contributed by atoms with Crippen molar-refractivity contribution in [1.82, 2.24) is 4.72 Å². The van der Waals surface area contributed by atoms with Crippen molar-refractivity contribution >= 4 is 27.9 Å². The third kappa shape index (κ3) is 5.13. The van der Waals surface area contributed by atoms with E-state index in [4.69, 9.17) is 4.74 Å². The van der Waals surface area contributed by atoms with Gasteiger partial charge in [0.05, 0.1) is 5.69 Å². The number of amides is 1. The Balaban J connectivity index is 1.60. The number of carbonyl (C=O) groups excluding carboxylic acids is 1. The largest absolute Gasteiger partial charge is 0.487 e. The summed E-state index contributed by atoms with van der Waals surface area (Å²) < 4.78 is 33.7. The lowest BCUT2D eigenvalue weighted by atomic mass is 10.1. The van der Waals surface area contributed by atoms with Crippen molar-refractivity contribution in [3.8, 4) is 5.75 Å². The number of hydrogen-bond donors (Lipinski definition) is 1. The summed E-state index contributed by atoms with van der Waals surface area (Å²) in [5, 5.41) is 0. The molecule has 0 bridgehead atoms. The second-order valence-corrected chi connectivity index (χ2v) is 8.73. The van der Waals surface area contributed by atoms with Gasteiger partial charge in [0.1, 0.15) is 18.9 Å². The van der Waals surface area contributed by atoms with Crippen molar-refractivity contribution < 1.29 is 17.9 Å². The Bertz CT molecular complexity index is 1190. The van der Waals surface area contributed by atoms with Crippen LogP contribution in [0.5, 0.6) is 5.75 Å². The van der Waals surface area contributed by atoms with Crippen molar-refractivity contribution in [3.05, 3.63) is 102 Å². The van der Waals surface area contributed by atoms with E-state index in [2.05, 4.69) is 12.1 Å². The van der Waals surface area contributed by atoms with Crippen LogP contribution in [0, 0.1) is 0 Å². The molecule has 0 saturated carbocycles. The molecular formula is C24H22N2O4S. The van der Waals surface area contributed by atoms with Gasteiger partial charge in [-0.1, -0.05) is 78.9 Å². The minimum atomic E-state index is -3.92. The summed E-state index contributed by atoms with van der Waals surface area (Å²) in [5.41, 5.74) is 3.36. The Labute approximate surface area is 182 Å². The Morgan fingerprint density at radius 3 is 2.26 bits per heavy atom. The summed E-state index contributed by atoms with van der Waals surface area (Å²) in [7, 11) is -3.92. The standard InChI is InChI=1S/C24H22N2O4S/c27-24-17-26(31(28,29)25-24)22-15-14-20(13-7-12-19-8-3-1-4-9-19)16-23(22)30-18-21-10-5-2-6-11-21/h1-11,13-16H,12,17-18H2,(H,25,27). The lowest BCUT2D eigenvalue weighted by Crippen LogP contribution is -2.29. The van der Waals surface area contributed by atoms with E-state index < -0.39 is 16.1 Å². The highest BCUT2D eigenvalue weighted by Gasteiger charge is 2.35. The fourth-order valence-electron chi connectivity index (χ4n) is 3.30. The molecule has 0 radical (unpaired) electrons. The number of hydrogen-bond acceptors (Lipinski definition) is 4. The minimum absolute atomic E-state index is 0.271. The number of carbonyl (C=O) groups is 1. The zero-order valence-electron chi connectivity index (χ0n) is 16.8. The first kappa shape index (κ1) is 20.7. The van der Waals surface area contributed by atoms with Crippen LogP contribution in [0.3, 0.4) is 0 Å². The minimum Gasteiger partial charge on any atom is -0.487 e. The molecule has 1 fully saturated rings. The van der Waals surface area contributed by atoms with Crippen LogP contribution in [0.25, 0.3) is 6.08 Å². The smallest absolute Gasteiger partial charge is 0.326 e. The first-order valence-corrected chi connectivity index (χ1v) is 11.3. The molecule has 1 heterocycles. The zero-order valence-corrected chi connectivity index (χ0v) is 17.6. The topological polar surface area (TPSA) is 75.7 Å². The Morgan fingerprint density at radius 1 is 0.935 bits per heavy atom. The van der Waals surface area contributed by atoms with Gasteiger partial charge >= 0.3 is 10.2 Å². The van der Waals surface area contributed by atoms with Gasteiger partial charge in [-0.15, -0.1) is 0 Å². The SMILES string of the molecule is O=C1CN(c2ccc(C=CCc3ccccc3)cc2OCc2ccccc2)S(=O)(=O)N1. The second-order valence-electron chi connectivity index (χ2n) is 7.13. The van der Waals surface area contributed by atoms with Gasteiger partial charge in [-0.2, -0.15) is 8.42 Å². The summed E-state index contributed by atoms with van der Waals surface area (Å²) in [6.07, 6.45) is 4.79. The molecule has 7 heteroatoms. The molecule has 1 aliphatic rings. The van der Waals surface area contributed by atoms with Gasteiger partial charge in [0.15, 0.2) is 0 Å². The van der Waals surface area contributed by atoms with E-state index in [-0.39, 0.29) is 13.2 Å². The van der Waals surface area contributed by atoms with E-state index in [1.165, 1.54) is 5.56 Å². The maximum Gasteiger partial charge on any atom is 0.326 e. The number of benzene rings is 3. The number of nitrogens with zero attached hydrogens (tertiary/aromatic N) is 1. The van der Waals surface area contributed by atoms with Crippen molar-refractivity contribution in [2.45, 2.75) is 13.0 Å². The van der Waals surface area contributed by atoms with Crippen LogP contribution in [-0.2, 0) is 28.0 Å². The van der Waals surface area contributed by atoms with Gasteiger partial charge in [-0.3, -0.25) is 4.79 Å². The molecule has 3 aromatic carbocycles. The van der Waals surface area contributed by atoms with Crippen LogP contribution in [0.1, 0.15) is 16.7 Å². The molecule has 1 N–H and O–H groups in total. The van der Waals surface area contributed by atoms with Crippen LogP contribution in [0.2, 0.25) is 0 Å². The molecule has 0 spiro atoms. The summed E-state index contributed by atoms with van der Waals surface area (Å²) in [6.45, 7) is 0.00745. The van der Waals surface area contributed by atoms with Crippen LogP contribution >= 0.6 is 0 Å². The maximum atomic E-state index is 12.3. The van der Waals surface area contributed by atoms with Crippen LogP contribution in [0.15, 0.2) is 84.9 Å². The molecule has 158 valence electrons. The average molecular weight is 435 g/mol. The van der Waals surface area contributed by atoms with Gasteiger partial charge in [0.25, 0.3) is 5.91 Å². The Hall–Kier alpha value is -3.58. The van der Waals surface area contributed by atoms with Crippen molar-refractivity contribution in [2.24, 2.45) is 0 Å². The molecule has 1 aliphatic heterocycles. The lowest BCUT2D eigenvalue weighted by molar-refractivity contribution is -0.117. The molecular weight excluding hydrogens is 412 g/mol. The highest BCUT2D eigenvalue weighted by atomic mass is 32.2. The van der Waals surface area contributed by atoms with E-state index in [9.17, 15) is 13.2 Å². The van der Waals surface area contributed by atoms with Crippen molar-refractivity contribution in [1.29, 1.82) is 0 Å². The van der Waals surface area contributed by atoms with Crippen LogP contribution in [0.4, 0.5) is 5.69 Å². The maximum absolute atomic E-state index is 12.3. The first-order valence-electron chi connectivity index (χ1n) is 9.86. The molecule has 31 heavy (non-hydrogen) atoms. The lowest BCUT2D eigenvalue weighted by Gasteiger charge is -2.19. The zero-order chi connectivity index (χ0) is 21.7. The predicted molar refractivity (Wildman–Crippen MR) is 121 cm³/mol. The molecule has 0 unspecified atom stereocenters. The highest BCUT2D eigenvalue weighted by molar-refractivity contribution is 7.92. The normalized spacial score (nSPS) is 15.2. The Morgan fingerprint density at radius 2 is 1.61 bits per heavy atom. The van der Waals surface area contributed by atoms with Gasteiger partial charge in [-0.05, 0) is 35.2 Å².